The molecule has 0 radical (unpaired) electrons. The number of rotatable bonds is 12. The Hall–Kier alpha value is -1.97. The van der Waals surface area contributed by atoms with Crippen LogP contribution >= 0.6 is 0 Å². The normalized spacial score (nSPS) is 29.1. The van der Waals surface area contributed by atoms with Crippen molar-refractivity contribution in [1.82, 2.24) is 9.62 Å². The van der Waals surface area contributed by atoms with Crippen molar-refractivity contribution in [3.05, 3.63) is 35.4 Å². The summed E-state index contributed by atoms with van der Waals surface area (Å²) in [6.45, 7) is 8.32. The number of amides is 1. The number of fused-ring (bicyclic) bond motifs is 2. The van der Waals surface area contributed by atoms with Gasteiger partial charge in [-0.2, -0.15) is 4.31 Å². The second-order valence-corrected chi connectivity index (χ2v) is 16.8. The van der Waals surface area contributed by atoms with Gasteiger partial charge in [-0.1, -0.05) is 90.5 Å². The van der Waals surface area contributed by atoms with E-state index in [2.05, 4.69) is 19.2 Å². The highest BCUT2D eigenvalue weighted by atomic mass is 32.2. The van der Waals surface area contributed by atoms with Gasteiger partial charge in [0.25, 0.3) is 0 Å². The summed E-state index contributed by atoms with van der Waals surface area (Å²) < 4.78 is 37.6. The maximum atomic E-state index is 14.7. The maximum Gasteiger partial charge on any atom is 0.332 e. The molecule has 0 saturated heterocycles. The topological polar surface area (TPSA) is 113 Å². The summed E-state index contributed by atoms with van der Waals surface area (Å²) in [6, 6.07) is 6.17. The van der Waals surface area contributed by atoms with Gasteiger partial charge in [0.2, 0.25) is 16.4 Å². The van der Waals surface area contributed by atoms with Crippen LogP contribution in [0.3, 0.4) is 0 Å². The number of esters is 1. The first-order chi connectivity index (χ1) is 20.9. The molecule has 2 N–H and O–H groups in total. The Morgan fingerprint density at radius 3 is 2.09 bits per heavy atom. The van der Waals surface area contributed by atoms with Gasteiger partial charge >= 0.3 is 5.97 Å². The van der Waals surface area contributed by atoms with E-state index in [0.717, 1.165) is 76.2 Å². The predicted molar refractivity (Wildman–Crippen MR) is 171 cm³/mol. The van der Waals surface area contributed by atoms with Crippen molar-refractivity contribution in [2.24, 2.45) is 16.7 Å². The predicted octanol–water partition coefficient (Wildman–Crippen LogP) is 5.99. The molecule has 0 spiro atoms. The molecule has 0 unspecified atom stereocenters. The highest BCUT2D eigenvalue weighted by Crippen LogP contribution is 2.67. The molecule has 1 aromatic carbocycles. The Balaban J connectivity index is 1.43. The minimum Gasteiger partial charge on any atom is -0.460 e. The van der Waals surface area contributed by atoms with Gasteiger partial charge in [-0.25, -0.2) is 13.2 Å². The Labute approximate surface area is 264 Å². The first-order valence-electron chi connectivity index (χ1n) is 17.1. The lowest BCUT2D eigenvalue weighted by Crippen LogP contribution is -2.55. The van der Waals surface area contributed by atoms with Crippen LogP contribution in [0.4, 0.5) is 0 Å². The fraction of sp³-hybridized carbons (Fsp3) is 0.771. The fourth-order valence-corrected chi connectivity index (χ4v) is 12.2. The Morgan fingerprint density at radius 2 is 1.57 bits per heavy atom. The molecule has 4 aliphatic carbocycles. The molecule has 4 aliphatic rings. The highest BCUT2D eigenvalue weighted by molar-refractivity contribution is 7.89. The van der Waals surface area contributed by atoms with Crippen LogP contribution in [0.15, 0.2) is 24.3 Å². The summed E-state index contributed by atoms with van der Waals surface area (Å²) in [6.07, 6.45) is 10.9. The van der Waals surface area contributed by atoms with Gasteiger partial charge in [-0.15, -0.1) is 0 Å². The summed E-state index contributed by atoms with van der Waals surface area (Å²) in [4.78, 5) is 25.5. The van der Waals surface area contributed by atoms with Gasteiger partial charge in [0, 0.05) is 17.5 Å². The molecule has 4 saturated carbocycles. The van der Waals surface area contributed by atoms with Crippen molar-refractivity contribution < 1.29 is 27.9 Å². The number of sulfonamides is 1. The lowest BCUT2D eigenvalue weighted by atomic mass is 9.69. The number of hydrogen-bond donors (Lipinski definition) is 2. The van der Waals surface area contributed by atoms with E-state index in [1.165, 1.54) is 0 Å². The molecule has 1 amide bonds. The third-order valence-corrected chi connectivity index (χ3v) is 14.1. The van der Waals surface area contributed by atoms with Crippen LogP contribution in [0.1, 0.15) is 134 Å². The zero-order valence-electron chi connectivity index (χ0n) is 27.2. The average molecular weight is 631 g/mol. The van der Waals surface area contributed by atoms with E-state index in [1.54, 1.807) is 12.1 Å². The molecule has 8 nitrogen and oxygen atoms in total. The summed E-state index contributed by atoms with van der Waals surface area (Å²) in [5.74, 6) is -0.411. The van der Waals surface area contributed by atoms with Crippen LogP contribution < -0.4 is 5.32 Å². The molecule has 4 fully saturated rings. The second kappa shape index (κ2) is 13.4. The number of ether oxygens (including phenoxy) is 1. The van der Waals surface area contributed by atoms with E-state index in [1.807, 2.05) is 30.3 Å². The van der Waals surface area contributed by atoms with E-state index in [4.69, 9.17) is 4.74 Å². The maximum absolute atomic E-state index is 14.7. The Kier molecular flexibility index (Phi) is 10.2. The summed E-state index contributed by atoms with van der Waals surface area (Å²) >= 11 is 0. The van der Waals surface area contributed by atoms with Gasteiger partial charge in [0.05, 0.1) is 5.75 Å². The van der Waals surface area contributed by atoms with Crippen LogP contribution in [0, 0.1) is 16.7 Å². The van der Waals surface area contributed by atoms with Gasteiger partial charge < -0.3 is 15.2 Å². The smallest absolute Gasteiger partial charge is 0.332 e. The zero-order chi connectivity index (χ0) is 31.7. The van der Waals surface area contributed by atoms with E-state index >= 15 is 0 Å². The van der Waals surface area contributed by atoms with Gasteiger partial charge in [0.1, 0.15) is 12.2 Å². The molecule has 246 valence electrons. The molecule has 44 heavy (non-hydrogen) atoms. The number of nitrogens with zero attached hydrogens (tertiary/aromatic N) is 1. The fourth-order valence-electron chi connectivity index (χ4n) is 9.39. The molecule has 0 aliphatic heterocycles. The van der Waals surface area contributed by atoms with E-state index < -0.39 is 39.7 Å². The Morgan fingerprint density at radius 1 is 1.00 bits per heavy atom. The lowest BCUT2D eigenvalue weighted by molar-refractivity contribution is -0.163. The number of carbonyl (C=O) groups excluding carboxylic acids is 2. The number of aliphatic hydroxyl groups excluding tert-OH is 1. The minimum absolute atomic E-state index is 0.0288. The van der Waals surface area contributed by atoms with Crippen LogP contribution in [0.2, 0.25) is 0 Å². The lowest BCUT2D eigenvalue weighted by Gasteiger charge is -2.46. The standard InChI is InChI=1S/C35H54N2O6S/c1-24(2)28-17-11-12-18-29(28)32(39)31(36-23-38)33(40)43-30-21-25-19-20-35(30,34(25,3)4)22-44(41,42)37(26-13-7-5-8-14-26)27-15-9-6-10-16-27/h11-12,17-18,23-27,30-32,39H,5-10,13-16,19-22H2,1-4H3,(H,36,38)/t25-,30-,31+,32-,35-/m1/s1. The SMILES string of the molecule is CC(C)c1ccccc1[C@@H](O)[C@H](NC=O)C(=O)O[C@@H]1C[C@H]2CC[C@]1(CS(=O)(=O)N(C1CCCCC1)C1CCCCC1)C2(C)C. The molecule has 0 heterocycles. The highest BCUT2D eigenvalue weighted by Gasteiger charge is 2.67. The van der Waals surface area contributed by atoms with Gasteiger partial charge in [-0.05, 0) is 73.3 Å². The summed E-state index contributed by atoms with van der Waals surface area (Å²) in [5.41, 5.74) is 0.381. The van der Waals surface area contributed by atoms with Crippen molar-refractivity contribution in [2.75, 3.05) is 5.75 Å². The van der Waals surface area contributed by atoms with E-state index in [-0.39, 0.29) is 35.1 Å². The van der Waals surface area contributed by atoms with Crippen LogP contribution in [-0.2, 0) is 24.3 Å². The third-order valence-electron chi connectivity index (χ3n) is 12.0. The van der Waals surface area contributed by atoms with Crippen molar-refractivity contribution in [3.8, 4) is 0 Å². The third kappa shape index (κ3) is 6.22. The first kappa shape index (κ1) is 33.4. The molecular weight excluding hydrogens is 576 g/mol. The number of aliphatic hydroxyl groups is 1. The molecule has 5 atom stereocenters. The van der Waals surface area contributed by atoms with E-state index in [9.17, 15) is 23.1 Å². The first-order valence-corrected chi connectivity index (χ1v) is 18.7. The number of benzene rings is 1. The molecular formula is C35H54N2O6S. The van der Waals surface area contributed by atoms with Crippen molar-refractivity contribution in [2.45, 2.75) is 147 Å². The van der Waals surface area contributed by atoms with Gasteiger partial charge in [-0.3, -0.25) is 4.79 Å². The summed E-state index contributed by atoms with van der Waals surface area (Å²) in [5, 5.41) is 13.9. The number of carbonyl (C=O) groups is 2. The minimum atomic E-state index is -3.67. The average Bonchev–Trinajstić information content (AvgIpc) is 3.35. The molecule has 1 aromatic rings. The second-order valence-electron chi connectivity index (χ2n) is 14.9. The van der Waals surface area contributed by atoms with Crippen molar-refractivity contribution in [1.29, 1.82) is 0 Å². The number of hydrogen-bond acceptors (Lipinski definition) is 6. The van der Waals surface area contributed by atoms with Gasteiger partial charge in [0.15, 0.2) is 6.04 Å². The van der Waals surface area contributed by atoms with Crippen molar-refractivity contribution >= 4 is 22.4 Å². The molecule has 9 heteroatoms. The zero-order valence-corrected chi connectivity index (χ0v) is 28.0. The van der Waals surface area contributed by atoms with E-state index in [0.29, 0.717) is 24.8 Å². The van der Waals surface area contributed by atoms with Crippen LogP contribution in [0.5, 0.6) is 0 Å². The molecule has 5 rings (SSSR count). The quantitative estimate of drug-likeness (QED) is 0.217. The molecule has 0 aromatic heterocycles. The largest absolute Gasteiger partial charge is 0.460 e. The molecule has 2 bridgehead atoms. The monoisotopic (exact) mass is 630 g/mol. The Bertz CT molecular complexity index is 1250. The summed E-state index contributed by atoms with van der Waals surface area (Å²) in [7, 11) is -3.67. The van der Waals surface area contributed by atoms with Crippen LogP contribution in [-0.4, -0.2) is 60.2 Å². The van der Waals surface area contributed by atoms with Crippen molar-refractivity contribution in [3.63, 3.8) is 0 Å². The van der Waals surface area contributed by atoms with Crippen LogP contribution in [0.25, 0.3) is 0 Å². The number of nitrogens with one attached hydrogen (secondary N) is 1.